The molecule has 0 radical (unpaired) electrons. The van der Waals surface area contributed by atoms with Gasteiger partial charge in [-0.1, -0.05) is 5.92 Å². The molecule has 0 aromatic carbocycles. The van der Waals surface area contributed by atoms with Gasteiger partial charge < -0.3 is 30.5 Å². The molecule has 1 aliphatic heterocycles. The normalized spacial score (nSPS) is 32.3. The van der Waals surface area contributed by atoms with E-state index in [-0.39, 0.29) is 19.0 Å². The Bertz CT molecular complexity index is 388. The minimum absolute atomic E-state index is 0.179. The Balaban J connectivity index is 2.90. The summed E-state index contributed by atoms with van der Waals surface area (Å²) in [4.78, 5) is 13.0. The Morgan fingerprint density at radius 3 is 2.52 bits per heavy atom. The summed E-state index contributed by atoms with van der Waals surface area (Å²) in [6.07, 6.45) is -1.89. The number of terminal acetylenes is 1. The summed E-state index contributed by atoms with van der Waals surface area (Å²) >= 11 is 5.47. The van der Waals surface area contributed by atoms with Crippen LogP contribution in [0.15, 0.2) is 0 Å². The van der Waals surface area contributed by atoms with Crippen LogP contribution in [0, 0.1) is 12.3 Å². The monoisotopic (exact) mass is 322 g/mol. The molecule has 0 saturated carbocycles. The number of rotatable bonds is 5. The molecule has 0 aliphatic carbocycles. The first-order valence-corrected chi connectivity index (χ1v) is 6.85. The van der Waals surface area contributed by atoms with Crippen LogP contribution in [0.25, 0.3) is 0 Å². The van der Waals surface area contributed by atoms with Crippen molar-refractivity contribution in [3.8, 4) is 12.3 Å². The van der Waals surface area contributed by atoms with E-state index in [1.165, 1.54) is 0 Å². The Kier molecular flexibility index (Phi) is 7.17. The third kappa shape index (κ3) is 4.20. The first-order chi connectivity index (χ1) is 9.97. The predicted molar refractivity (Wildman–Crippen MR) is 73.4 cm³/mol. The summed E-state index contributed by atoms with van der Waals surface area (Å²) in [7, 11) is 0. The number of aliphatic hydroxyl groups excluding tert-OH is 4. The lowest BCUT2D eigenvalue weighted by Gasteiger charge is -2.43. The highest BCUT2D eigenvalue weighted by atomic mass is 35.5. The molecule has 5 atom stereocenters. The van der Waals surface area contributed by atoms with E-state index >= 15 is 0 Å². The highest BCUT2D eigenvalue weighted by molar-refractivity contribution is 6.18. The minimum Gasteiger partial charge on any atom is -0.394 e. The standard InChI is InChI=1S/C12H19ClN2O6/c1-2-5-15(12(20)14-4-3-13)11-10(19)9(18)8(17)7(6-16)21-11/h1,7-11,16-19H,3-6H2,(H,14,20)/t7-,8+,9+,10-,11?/m1/s1. The van der Waals surface area contributed by atoms with Crippen molar-refractivity contribution in [3.05, 3.63) is 0 Å². The number of alkyl halides is 1. The van der Waals surface area contributed by atoms with Crippen molar-refractivity contribution in [2.75, 3.05) is 25.6 Å². The van der Waals surface area contributed by atoms with E-state index in [2.05, 4.69) is 11.2 Å². The van der Waals surface area contributed by atoms with Crippen molar-refractivity contribution in [1.82, 2.24) is 10.2 Å². The van der Waals surface area contributed by atoms with E-state index < -0.39 is 43.3 Å². The van der Waals surface area contributed by atoms with Crippen molar-refractivity contribution in [2.45, 2.75) is 30.6 Å². The summed E-state index contributed by atoms with van der Waals surface area (Å²) in [6.45, 7) is -0.607. The quantitative estimate of drug-likeness (QED) is 0.286. The largest absolute Gasteiger partial charge is 0.394 e. The molecule has 1 saturated heterocycles. The van der Waals surface area contributed by atoms with Gasteiger partial charge in [0.15, 0.2) is 6.23 Å². The number of nitrogens with zero attached hydrogens (tertiary/aromatic N) is 1. The van der Waals surface area contributed by atoms with E-state index in [1.807, 2.05) is 0 Å². The fraction of sp³-hybridized carbons (Fsp3) is 0.750. The van der Waals surface area contributed by atoms with Crippen molar-refractivity contribution in [1.29, 1.82) is 0 Å². The summed E-state index contributed by atoms with van der Waals surface area (Å²) < 4.78 is 5.27. The molecule has 1 aliphatic rings. The molecule has 0 spiro atoms. The molecule has 9 heteroatoms. The van der Waals surface area contributed by atoms with Gasteiger partial charge >= 0.3 is 6.03 Å². The SMILES string of the molecule is C#CCN(C(=O)NCCCl)C1O[C@H](CO)[C@H](O)[C@H](O)[C@H]1O. The van der Waals surface area contributed by atoms with Crippen LogP contribution in [0.2, 0.25) is 0 Å². The van der Waals surface area contributed by atoms with Crippen LogP contribution in [0.4, 0.5) is 4.79 Å². The number of ether oxygens (including phenoxy) is 1. The van der Waals surface area contributed by atoms with Gasteiger partial charge in [0.1, 0.15) is 24.4 Å². The predicted octanol–water partition coefficient (Wildman–Crippen LogP) is -2.33. The Morgan fingerprint density at radius 1 is 1.33 bits per heavy atom. The maximum absolute atomic E-state index is 12.0. The Hall–Kier alpha value is -1.08. The molecule has 1 unspecified atom stereocenters. The second-order valence-electron chi connectivity index (χ2n) is 4.47. The average Bonchev–Trinajstić information content (AvgIpc) is 2.49. The first kappa shape index (κ1) is 18.0. The van der Waals surface area contributed by atoms with Gasteiger partial charge in [-0.3, -0.25) is 4.90 Å². The Labute approximate surface area is 127 Å². The second-order valence-corrected chi connectivity index (χ2v) is 4.85. The minimum atomic E-state index is -1.58. The van der Waals surface area contributed by atoms with Crippen LogP contribution in [0.5, 0.6) is 0 Å². The van der Waals surface area contributed by atoms with Gasteiger partial charge in [0.05, 0.1) is 13.2 Å². The van der Waals surface area contributed by atoms with E-state index in [9.17, 15) is 20.1 Å². The second kappa shape index (κ2) is 8.38. The number of nitrogens with one attached hydrogen (secondary N) is 1. The topological polar surface area (TPSA) is 122 Å². The van der Waals surface area contributed by atoms with Gasteiger partial charge in [-0.15, -0.1) is 18.0 Å². The number of carbonyl (C=O) groups excluding carboxylic acids is 1. The van der Waals surface area contributed by atoms with Gasteiger partial charge in [-0.2, -0.15) is 0 Å². The molecule has 2 amide bonds. The third-order valence-corrected chi connectivity index (χ3v) is 3.26. The van der Waals surface area contributed by atoms with E-state index in [0.29, 0.717) is 0 Å². The molecular formula is C12H19ClN2O6. The number of urea groups is 1. The molecule has 5 N–H and O–H groups in total. The van der Waals surface area contributed by atoms with E-state index in [4.69, 9.17) is 27.9 Å². The number of amides is 2. The molecule has 8 nitrogen and oxygen atoms in total. The lowest BCUT2D eigenvalue weighted by atomic mass is 9.98. The smallest absolute Gasteiger partial charge is 0.320 e. The number of aliphatic hydroxyl groups is 4. The van der Waals surface area contributed by atoms with Crippen molar-refractivity contribution >= 4 is 17.6 Å². The van der Waals surface area contributed by atoms with Gasteiger partial charge in [-0.05, 0) is 0 Å². The molecule has 0 aromatic heterocycles. The fourth-order valence-electron chi connectivity index (χ4n) is 1.97. The highest BCUT2D eigenvalue weighted by Crippen LogP contribution is 2.23. The van der Waals surface area contributed by atoms with Crippen molar-refractivity contribution < 1.29 is 30.0 Å². The maximum atomic E-state index is 12.0. The molecule has 0 bridgehead atoms. The molecule has 120 valence electrons. The van der Waals surface area contributed by atoms with Crippen LogP contribution >= 0.6 is 11.6 Å². The van der Waals surface area contributed by atoms with Crippen molar-refractivity contribution in [2.24, 2.45) is 0 Å². The third-order valence-electron chi connectivity index (χ3n) is 3.07. The van der Waals surface area contributed by atoms with Gasteiger partial charge in [0.25, 0.3) is 0 Å². The summed E-state index contributed by atoms with van der Waals surface area (Å²) in [5, 5.41) is 41.0. The molecule has 21 heavy (non-hydrogen) atoms. The van der Waals surface area contributed by atoms with Gasteiger partial charge in [-0.25, -0.2) is 4.79 Å². The zero-order valence-electron chi connectivity index (χ0n) is 11.2. The van der Waals surface area contributed by atoms with Gasteiger partial charge in [0, 0.05) is 12.4 Å². The molecular weight excluding hydrogens is 304 g/mol. The summed E-state index contributed by atoms with van der Waals surface area (Å²) in [6, 6.07) is -0.641. The maximum Gasteiger partial charge on any atom is 0.320 e. The number of hydrogen-bond acceptors (Lipinski definition) is 6. The van der Waals surface area contributed by atoms with Crippen LogP contribution in [-0.2, 0) is 4.74 Å². The Morgan fingerprint density at radius 2 is 2.00 bits per heavy atom. The lowest BCUT2D eigenvalue weighted by molar-refractivity contribution is -0.256. The summed E-state index contributed by atoms with van der Waals surface area (Å²) in [5.41, 5.74) is 0. The zero-order valence-corrected chi connectivity index (χ0v) is 12.0. The van der Waals surface area contributed by atoms with Crippen LogP contribution < -0.4 is 5.32 Å². The molecule has 1 fully saturated rings. The van der Waals surface area contributed by atoms with E-state index in [1.54, 1.807) is 0 Å². The lowest BCUT2D eigenvalue weighted by Crippen LogP contribution is -2.65. The number of halogens is 1. The van der Waals surface area contributed by atoms with E-state index in [0.717, 1.165) is 4.90 Å². The molecule has 1 rings (SSSR count). The summed E-state index contributed by atoms with van der Waals surface area (Å²) in [5.74, 6) is 2.42. The number of carbonyl (C=O) groups is 1. The van der Waals surface area contributed by atoms with Crippen molar-refractivity contribution in [3.63, 3.8) is 0 Å². The van der Waals surface area contributed by atoms with Crippen LogP contribution in [0.1, 0.15) is 0 Å². The first-order valence-electron chi connectivity index (χ1n) is 6.32. The zero-order chi connectivity index (χ0) is 16.0. The molecule has 0 aromatic rings. The highest BCUT2D eigenvalue weighted by Gasteiger charge is 2.46. The average molecular weight is 323 g/mol. The van der Waals surface area contributed by atoms with Crippen LogP contribution in [0.3, 0.4) is 0 Å². The van der Waals surface area contributed by atoms with Crippen LogP contribution in [-0.4, -0.2) is 87.6 Å². The number of hydrogen-bond donors (Lipinski definition) is 5. The molecule has 1 heterocycles. The van der Waals surface area contributed by atoms with Gasteiger partial charge in [0.2, 0.25) is 0 Å². The fourth-order valence-corrected chi connectivity index (χ4v) is 2.07.